The number of amides is 2. The molecule has 0 fully saturated rings. The Labute approximate surface area is 202 Å². The van der Waals surface area contributed by atoms with E-state index in [0.717, 1.165) is 11.1 Å². The molecule has 35 heavy (non-hydrogen) atoms. The van der Waals surface area contributed by atoms with Crippen molar-refractivity contribution in [3.63, 3.8) is 0 Å². The fourth-order valence-electron chi connectivity index (χ4n) is 3.66. The smallest absolute Gasteiger partial charge is 0.247 e. The number of anilines is 1. The molecular weight excluding hydrogens is 448 g/mol. The second kappa shape index (κ2) is 10.6. The van der Waals surface area contributed by atoms with Crippen molar-refractivity contribution in [1.29, 1.82) is 0 Å². The van der Waals surface area contributed by atoms with E-state index in [1.54, 1.807) is 50.7 Å². The molecule has 4 rings (SSSR count). The molecule has 0 aliphatic heterocycles. The first-order valence-corrected chi connectivity index (χ1v) is 11.0. The van der Waals surface area contributed by atoms with Crippen LogP contribution < -0.4 is 14.8 Å². The van der Waals surface area contributed by atoms with Gasteiger partial charge >= 0.3 is 0 Å². The first-order chi connectivity index (χ1) is 17.0. The number of nitrogens with zero attached hydrogens (tertiary/aromatic N) is 5. The SMILES string of the molecule is COc1ccc(NC(=O)C(C)N(Cc2cccnc2)C(=O)Cn2nnc3ccccc32)c(OC)c1. The molecule has 1 unspecified atom stereocenters. The highest BCUT2D eigenvalue weighted by Crippen LogP contribution is 2.29. The fourth-order valence-corrected chi connectivity index (χ4v) is 3.66. The first kappa shape index (κ1) is 23.7. The molecule has 2 aromatic carbocycles. The van der Waals surface area contributed by atoms with E-state index in [1.807, 2.05) is 30.3 Å². The van der Waals surface area contributed by atoms with Gasteiger partial charge in [-0.15, -0.1) is 5.10 Å². The lowest BCUT2D eigenvalue weighted by Gasteiger charge is -2.29. The number of carbonyl (C=O) groups excluding carboxylic acids is 2. The number of hydrogen-bond acceptors (Lipinski definition) is 7. The van der Waals surface area contributed by atoms with Crippen LogP contribution >= 0.6 is 0 Å². The second-order valence-corrected chi connectivity index (χ2v) is 7.85. The predicted octanol–water partition coefficient (Wildman–Crippen LogP) is 2.90. The van der Waals surface area contributed by atoms with Crippen LogP contribution in [0.2, 0.25) is 0 Å². The van der Waals surface area contributed by atoms with E-state index in [-0.39, 0.29) is 24.9 Å². The number of carbonyl (C=O) groups is 2. The molecule has 0 aliphatic carbocycles. The molecule has 0 radical (unpaired) electrons. The van der Waals surface area contributed by atoms with Crippen LogP contribution in [-0.2, 0) is 22.7 Å². The van der Waals surface area contributed by atoms with Crippen molar-refractivity contribution in [1.82, 2.24) is 24.9 Å². The zero-order valence-electron chi connectivity index (χ0n) is 19.7. The number of rotatable bonds is 9. The molecule has 4 aromatic rings. The monoisotopic (exact) mass is 474 g/mol. The maximum absolute atomic E-state index is 13.5. The van der Waals surface area contributed by atoms with Crippen LogP contribution in [0.25, 0.3) is 11.0 Å². The van der Waals surface area contributed by atoms with Crippen LogP contribution in [0, 0.1) is 0 Å². The minimum Gasteiger partial charge on any atom is -0.497 e. The third-order valence-corrected chi connectivity index (χ3v) is 5.61. The summed E-state index contributed by atoms with van der Waals surface area (Å²) in [7, 11) is 3.06. The summed E-state index contributed by atoms with van der Waals surface area (Å²) in [4.78, 5) is 32.3. The highest BCUT2D eigenvalue weighted by atomic mass is 16.5. The van der Waals surface area contributed by atoms with Crippen LogP contribution in [-0.4, -0.2) is 57.0 Å². The molecule has 0 saturated heterocycles. The van der Waals surface area contributed by atoms with E-state index in [1.165, 1.54) is 16.7 Å². The van der Waals surface area contributed by atoms with Gasteiger partial charge in [0.15, 0.2) is 0 Å². The predicted molar refractivity (Wildman–Crippen MR) is 130 cm³/mol. The zero-order valence-corrected chi connectivity index (χ0v) is 19.7. The number of hydrogen-bond donors (Lipinski definition) is 1. The van der Waals surface area contributed by atoms with E-state index < -0.39 is 6.04 Å². The molecule has 0 saturated carbocycles. The number of para-hydroxylation sites is 1. The maximum atomic E-state index is 13.5. The first-order valence-electron chi connectivity index (χ1n) is 11.0. The Balaban J connectivity index is 1.58. The molecule has 1 atom stereocenters. The zero-order chi connectivity index (χ0) is 24.8. The van der Waals surface area contributed by atoms with Gasteiger partial charge in [0, 0.05) is 25.0 Å². The van der Waals surface area contributed by atoms with Crippen molar-refractivity contribution in [3.05, 3.63) is 72.6 Å². The lowest BCUT2D eigenvalue weighted by atomic mass is 10.2. The van der Waals surface area contributed by atoms with Crippen LogP contribution in [0.5, 0.6) is 11.5 Å². The standard InChI is InChI=1S/C25H26N6O4/c1-17(25(33)27-21-11-10-19(34-2)13-23(21)35-3)30(15-18-7-6-12-26-14-18)24(32)16-31-22-9-5-4-8-20(22)28-29-31/h4-14,17H,15-16H2,1-3H3,(H,27,33). The topological polar surface area (TPSA) is 111 Å². The summed E-state index contributed by atoms with van der Waals surface area (Å²) in [6.45, 7) is 1.82. The number of pyridine rings is 1. The van der Waals surface area contributed by atoms with Gasteiger partial charge in [-0.2, -0.15) is 0 Å². The Morgan fingerprint density at radius 2 is 1.91 bits per heavy atom. The average molecular weight is 475 g/mol. The Hall–Kier alpha value is -4.47. The molecule has 2 aromatic heterocycles. The molecule has 10 nitrogen and oxygen atoms in total. The number of benzene rings is 2. The third-order valence-electron chi connectivity index (χ3n) is 5.61. The summed E-state index contributed by atoms with van der Waals surface area (Å²) in [6.07, 6.45) is 3.32. The van der Waals surface area contributed by atoms with Gasteiger partial charge in [-0.3, -0.25) is 14.6 Å². The van der Waals surface area contributed by atoms with Crippen molar-refractivity contribution < 1.29 is 19.1 Å². The van der Waals surface area contributed by atoms with Gasteiger partial charge < -0.3 is 19.7 Å². The van der Waals surface area contributed by atoms with Crippen molar-refractivity contribution >= 4 is 28.5 Å². The van der Waals surface area contributed by atoms with Gasteiger partial charge in [-0.1, -0.05) is 23.4 Å². The Morgan fingerprint density at radius 3 is 2.66 bits per heavy atom. The fraction of sp³-hybridized carbons (Fsp3) is 0.240. The Morgan fingerprint density at radius 1 is 1.09 bits per heavy atom. The normalized spacial score (nSPS) is 11.6. The van der Waals surface area contributed by atoms with Crippen molar-refractivity contribution in [2.24, 2.45) is 0 Å². The number of nitrogens with one attached hydrogen (secondary N) is 1. The summed E-state index contributed by atoms with van der Waals surface area (Å²) >= 11 is 0. The van der Waals surface area contributed by atoms with Gasteiger partial charge in [-0.05, 0) is 42.8 Å². The second-order valence-electron chi connectivity index (χ2n) is 7.85. The molecular formula is C25H26N6O4. The minimum absolute atomic E-state index is 0.0652. The highest BCUT2D eigenvalue weighted by molar-refractivity contribution is 5.98. The molecule has 10 heteroatoms. The number of ether oxygens (including phenoxy) is 2. The van der Waals surface area contributed by atoms with Gasteiger partial charge in [0.25, 0.3) is 0 Å². The highest BCUT2D eigenvalue weighted by Gasteiger charge is 2.27. The van der Waals surface area contributed by atoms with Crippen molar-refractivity contribution in [2.75, 3.05) is 19.5 Å². The minimum atomic E-state index is -0.802. The molecule has 0 bridgehead atoms. The summed E-state index contributed by atoms with van der Waals surface area (Å²) in [5.74, 6) is 0.397. The average Bonchev–Trinajstić information content (AvgIpc) is 3.30. The van der Waals surface area contributed by atoms with Gasteiger partial charge in [0.05, 0.1) is 25.4 Å². The molecule has 180 valence electrons. The van der Waals surface area contributed by atoms with E-state index in [4.69, 9.17) is 9.47 Å². The van der Waals surface area contributed by atoms with Gasteiger partial charge in [0.1, 0.15) is 29.6 Å². The largest absolute Gasteiger partial charge is 0.497 e. The Bertz CT molecular complexity index is 1320. The number of fused-ring (bicyclic) bond motifs is 1. The molecule has 2 heterocycles. The Kier molecular flexibility index (Phi) is 7.20. The maximum Gasteiger partial charge on any atom is 0.247 e. The van der Waals surface area contributed by atoms with Crippen molar-refractivity contribution in [3.8, 4) is 11.5 Å². The number of methoxy groups -OCH3 is 2. The summed E-state index contributed by atoms with van der Waals surface area (Å²) in [5.41, 5.74) is 2.70. The molecule has 1 N–H and O–H groups in total. The summed E-state index contributed by atoms with van der Waals surface area (Å²) in [6, 6.07) is 15.3. The number of aromatic nitrogens is 4. The quantitative estimate of drug-likeness (QED) is 0.397. The van der Waals surface area contributed by atoms with Crippen LogP contribution in [0.3, 0.4) is 0 Å². The van der Waals surface area contributed by atoms with E-state index >= 15 is 0 Å². The van der Waals surface area contributed by atoms with Crippen molar-refractivity contribution in [2.45, 2.75) is 26.1 Å². The van der Waals surface area contributed by atoms with Gasteiger partial charge in [0.2, 0.25) is 11.8 Å². The lowest BCUT2D eigenvalue weighted by Crippen LogP contribution is -2.46. The van der Waals surface area contributed by atoms with Crippen LogP contribution in [0.1, 0.15) is 12.5 Å². The van der Waals surface area contributed by atoms with Crippen LogP contribution in [0.15, 0.2) is 67.0 Å². The summed E-state index contributed by atoms with van der Waals surface area (Å²) < 4.78 is 12.1. The molecule has 0 spiro atoms. The van der Waals surface area contributed by atoms with E-state index in [2.05, 4.69) is 20.6 Å². The van der Waals surface area contributed by atoms with Crippen LogP contribution in [0.4, 0.5) is 5.69 Å². The third kappa shape index (κ3) is 5.37. The molecule has 0 aliphatic rings. The lowest BCUT2D eigenvalue weighted by molar-refractivity contribution is -0.139. The van der Waals surface area contributed by atoms with Gasteiger partial charge in [-0.25, -0.2) is 4.68 Å². The van der Waals surface area contributed by atoms with E-state index in [0.29, 0.717) is 22.7 Å². The summed E-state index contributed by atoms with van der Waals surface area (Å²) in [5, 5.41) is 11.1. The molecule has 2 amide bonds. The van der Waals surface area contributed by atoms with E-state index in [9.17, 15) is 9.59 Å².